The molecule has 2 nitrogen and oxygen atoms in total. The van der Waals surface area contributed by atoms with Crippen LogP contribution in [-0.2, 0) is 0 Å². The van der Waals surface area contributed by atoms with Crippen LogP contribution >= 0.6 is 11.6 Å². The third kappa shape index (κ3) is 3.34. The third-order valence-electron chi connectivity index (χ3n) is 3.51. The zero-order valence-electron chi connectivity index (χ0n) is 12.1. The minimum Gasteiger partial charge on any atom is -0.478 e. The highest BCUT2D eigenvalue weighted by Gasteiger charge is 2.08. The van der Waals surface area contributed by atoms with Crippen LogP contribution in [0, 0.1) is 0 Å². The van der Waals surface area contributed by atoms with E-state index >= 15 is 0 Å². The van der Waals surface area contributed by atoms with Crippen molar-refractivity contribution in [3.8, 4) is 11.1 Å². The fourth-order valence-electron chi connectivity index (χ4n) is 2.31. The third-order valence-corrected chi connectivity index (χ3v) is 3.82. The van der Waals surface area contributed by atoms with Crippen molar-refractivity contribution in [2.24, 2.45) is 0 Å². The van der Waals surface area contributed by atoms with E-state index in [0.29, 0.717) is 5.02 Å². The molecule has 0 saturated heterocycles. The fourth-order valence-corrected chi connectivity index (χ4v) is 2.61. The van der Waals surface area contributed by atoms with Crippen molar-refractivity contribution < 1.29 is 9.90 Å². The molecule has 3 heteroatoms. The summed E-state index contributed by atoms with van der Waals surface area (Å²) in [5, 5.41) is 9.63. The van der Waals surface area contributed by atoms with Crippen molar-refractivity contribution in [2.45, 2.75) is 20.3 Å². The summed E-state index contributed by atoms with van der Waals surface area (Å²) in [5.74, 6) is -0.921. The van der Waals surface area contributed by atoms with Gasteiger partial charge >= 0.3 is 5.97 Å². The molecule has 0 amide bonds. The number of halogens is 1. The second kappa shape index (κ2) is 6.59. The van der Waals surface area contributed by atoms with Crippen LogP contribution in [-0.4, -0.2) is 11.1 Å². The van der Waals surface area contributed by atoms with Crippen LogP contribution in [0.1, 0.15) is 36.2 Å². The first-order valence-electron chi connectivity index (χ1n) is 6.85. The van der Waals surface area contributed by atoms with Crippen LogP contribution in [0.2, 0.25) is 5.02 Å². The summed E-state index contributed by atoms with van der Waals surface area (Å²) < 4.78 is 0. The maximum Gasteiger partial charge on any atom is 0.335 e. The lowest BCUT2D eigenvalue weighted by Gasteiger charge is -2.10. The zero-order valence-corrected chi connectivity index (χ0v) is 12.8. The fraction of sp³-hybridized carbons (Fsp3) is 0.167. The number of aromatic carboxylic acids is 1. The van der Waals surface area contributed by atoms with Crippen LogP contribution in [0.4, 0.5) is 0 Å². The van der Waals surface area contributed by atoms with Gasteiger partial charge in [0, 0.05) is 5.02 Å². The normalized spacial score (nSPS) is 11.5. The second-order valence-electron chi connectivity index (χ2n) is 4.74. The summed E-state index contributed by atoms with van der Waals surface area (Å²) in [6, 6.07) is 12.7. The highest BCUT2D eigenvalue weighted by atomic mass is 35.5. The Bertz CT molecular complexity index is 685. The van der Waals surface area contributed by atoms with Crippen LogP contribution in [0.25, 0.3) is 16.7 Å². The number of carboxylic acids is 1. The highest BCUT2D eigenvalue weighted by Crippen LogP contribution is 2.31. The molecule has 0 saturated carbocycles. The first kappa shape index (κ1) is 15.3. The van der Waals surface area contributed by atoms with Gasteiger partial charge in [0.1, 0.15) is 0 Å². The molecule has 0 fully saturated rings. The van der Waals surface area contributed by atoms with Gasteiger partial charge in [0.25, 0.3) is 0 Å². The predicted octanol–water partition coefficient (Wildman–Crippen LogP) is 5.52. The predicted molar refractivity (Wildman–Crippen MR) is 87.8 cm³/mol. The number of hydrogen-bond donors (Lipinski definition) is 1. The second-order valence-corrected chi connectivity index (χ2v) is 5.15. The molecular weight excluding hydrogens is 284 g/mol. The van der Waals surface area contributed by atoms with E-state index in [1.807, 2.05) is 25.1 Å². The maximum atomic E-state index is 10.9. The van der Waals surface area contributed by atoms with Crippen molar-refractivity contribution in [1.29, 1.82) is 0 Å². The maximum absolute atomic E-state index is 10.9. The molecule has 2 rings (SSSR count). The van der Waals surface area contributed by atoms with E-state index in [1.54, 1.807) is 24.3 Å². The van der Waals surface area contributed by atoms with Crippen LogP contribution < -0.4 is 0 Å². The summed E-state index contributed by atoms with van der Waals surface area (Å²) in [4.78, 5) is 10.9. The molecule has 0 heterocycles. The van der Waals surface area contributed by atoms with Gasteiger partial charge in [-0.2, -0.15) is 0 Å². The Labute approximate surface area is 129 Å². The van der Waals surface area contributed by atoms with Crippen molar-refractivity contribution in [3.05, 3.63) is 64.7 Å². The van der Waals surface area contributed by atoms with Gasteiger partial charge in [-0.05, 0) is 53.8 Å². The van der Waals surface area contributed by atoms with Gasteiger partial charge in [-0.25, -0.2) is 4.79 Å². The molecule has 0 atom stereocenters. The van der Waals surface area contributed by atoms with Crippen molar-refractivity contribution >= 4 is 23.1 Å². The van der Waals surface area contributed by atoms with E-state index in [-0.39, 0.29) is 5.56 Å². The van der Waals surface area contributed by atoms with Crippen LogP contribution in [0.5, 0.6) is 0 Å². The molecule has 0 unspecified atom stereocenters. The Morgan fingerprint density at radius 2 is 1.76 bits per heavy atom. The van der Waals surface area contributed by atoms with E-state index in [1.165, 1.54) is 5.57 Å². The van der Waals surface area contributed by atoms with Crippen molar-refractivity contribution in [3.63, 3.8) is 0 Å². The minimum atomic E-state index is -0.921. The number of allylic oxidation sites excluding steroid dienone is 2. The average Bonchev–Trinajstić information content (AvgIpc) is 2.50. The van der Waals surface area contributed by atoms with Crippen LogP contribution in [0.3, 0.4) is 0 Å². The SMILES string of the molecule is C/C=C(\CC)c1ccc(-c2ccc(C(=O)O)cc2)cc1Cl. The highest BCUT2D eigenvalue weighted by molar-refractivity contribution is 6.32. The van der Waals surface area contributed by atoms with Gasteiger partial charge in [0.2, 0.25) is 0 Å². The molecule has 0 aromatic heterocycles. The van der Waals surface area contributed by atoms with Crippen molar-refractivity contribution in [1.82, 2.24) is 0 Å². The lowest BCUT2D eigenvalue weighted by atomic mass is 9.98. The Morgan fingerprint density at radius 1 is 1.14 bits per heavy atom. The molecule has 0 aliphatic carbocycles. The van der Waals surface area contributed by atoms with Gasteiger partial charge in [0.05, 0.1) is 5.56 Å². The van der Waals surface area contributed by atoms with E-state index in [2.05, 4.69) is 13.0 Å². The molecule has 0 spiro atoms. The summed E-state index contributed by atoms with van der Waals surface area (Å²) in [5.41, 5.74) is 4.48. The van der Waals surface area contributed by atoms with Gasteiger partial charge < -0.3 is 5.11 Å². The monoisotopic (exact) mass is 300 g/mol. The van der Waals surface area contributed by atoms with Crippen LogP contribution in [0.15, 0.2) is 48.5 Å². The zero-order chi connectivity index (χ0) is 15.4. The number of carboxylic acid groups (broad SMARTS) is 1. The smallest absolute Gasteiger partial charge is 0.335 e. The molecule has 0 aliphatic heterocycles. The quantitative estimate of drug-likeness (QED) is 0.807. The number of hydrogen-bond acceptors (Lipinski definition) is 1. The summed E-state index contributed by atoms with van der Waals surface area (Å²) >= 11 is 6.38. The Balaban J connectivity index is 2.38. The summed E-state index contributed by atoms with van der Waals surface area (Å²) in [6.07, 6.45) is 3.01. The van der Waals surface area contributed by atoms with Gasteiger partial charge in [-0.3, -0.25) is 0 Å². The average molecular weight is 301 g/mol. The van der Waals surface area contributed by atoms with Gasteiger partial charge in [-0.15, -0.1) is 0 Å². The first-order chi connectivity index (χ1) is 10.1. The van der Waals surface area contributed by atoms with Gasteiger partial charge in [0.15, 0.2) is 0 Å². The molecule has 2 aromatic carbocycles. The van der Waals surface area contributed by atoms with E-state index in [0.717, 1.165) is 23.1 Å². The molecule has 0 radical (unpaired) electrons. The van der Waals surface area contributed by atoms with E-state index in [4.69, 9.17) is 16.7 Å². The van der Waals surface area contributed by atoms with Crippen molar-refractivity contribution in [2.75, 3.05) is 0 Å². The van der Waals surface area contributed by atoms with E-state index in [9.17, 15) is 4.79 Å². The van der Waals surface area contributed by atoms with Gasteiger partial charge in [-0.1, -0.05) is 48.9 Å². The molecule has 2 aromatic rings. The first-order valence-corrected chi connectivity index (χ1v) is 7.23. The summed E-state index contributed by atoms with van der Waals surface area (Å²) in [7, 11) is 0. The number of rotatable bonds is 4. The molecule has 21 heavy (non-hydrogen) atoms. The largest absolute Gasteiger partial charge is 0.478 e. The summed E-state index contributed by atoms with van der Waals surface area (Å²) in [6.45, 7) is 4.11. The molecule has 108 valence electrons. The Kier molecular flexibility index (Phi) is 4.81. The Hall–Kier alpha value is -2.06. The number of carbonyl (C=O) groups is 1. The van der Waals surface area contributed by atoms with E-state index < -0.39 is 5.97 Å². The minimum absolute atomic E-state index is 0.281. The molecule has 0 aliphatic rings. The standard InChI is InChI=1S/C18H17ClO2/c1-3-12(4-2)16-10-9-15(11-17(16)19)13-5-7-14(8-6-13)18(20)21/h3,5-11H,4H2,1-2H3,(H,20,21)/b12-3+. The Morgan fingerprint density at radius 3 is 2.24 bits per heavy atom. The molecule has 0 bridgehead atoms. The number of benzene rings is 2. The topological polar surface area (TPSA) is 37.3 Å². The molecular formula is C18H17ClO2. The molecule has 1 N–H and O–H groups in total. The lowest BCUT2D eigenvalue weighted by Crippen LogP contribution is -1.95. The lowest BCUT2D eigenvalue weighted by molar-refractivity contribution is 0.0697.